The third-order valence-electron chi connectivity index (χ3n) is 5.50. The van der Waals surface area contributed by atoms with Crippen LogP contribution in [0, 0.1) is 13.8 Å². The van der Waals surface area contributed by atoms with Crippen LogP contribution in [0.25, 0.3) is 10.2 Å². The zero-order chi connectivity index (χ0) is 21.1. The quantitative estimate of drug-likeness (QED) is 0.652. The highest BCUT2D eigenvalue weighted by atomic mass is 32.1. The van der Waals surface area contributed by atoms with Crippen LogP contribution < -0.4 is 10.6 Å². The lowest BCUT2D eigenvalue weighted by atomic mass is 9.97. The van der Waals surface area contributed by atoms with Gasteiger partial charge in [0.25, 0.3) is 0 Å². The first-order valence-electron chi connectivity index (χ1n) is 10.2. The van der Waals surface area contributed by atoms with Crippen LogP contribution in [0.5, 0.6) is 0 Å². The Morgan fingerprint density at radius 3 is 2.63 bits per heavy atom. The zero-order valence-corrected chi connectivity index (χ0v) is 18.1. The first-order chi connectivity index (χ1) is 14.5. The molecular formula is C23H26N4O2S. The molecule has 1 aromatic heterocycles. The third kappa shape index (κ3) is 4.86. The van der Waals surface area contributed by atoms with Crippen molar-refractivity contribution >= 4 is 39.2 Å². The van der Waals surface area contributed by atoms with E-state index in [-0.39, 0.29) is 12.5 Å². The molecule has 1 aliphatic heterocycles. The summed E-state index contributed by atoms with van der Waals surface area (Å²) in [5.41, 5.74) is 3.87. The van der Waals surface area contributed by atoms with Crippen molar-refractivity contribution in [3.05, 3.63) is 58.6 Å². The molecule has 0 aliphatic carbocycles. The maximum Gasteiger partial charge on any atom is 0.325 e. The number of hydrogen-bond donors (Lipinski definition) is 2. The Kier molecular flexibility index (Phi) is 6.11. The molecule has 156 valence electrons. The lowest BCUT2D eigenvalue weighted by Gasteiger charge is -2.30. The maximum absolute atomic E-state index is 12.3. The second-order valence-electron chi connectivity index (χ2n) is 7.89. The van der Waals surface area contributed by atoms with Crippen molar-refractivity contribution in [3.8, 4) is 0 Å². The number of rotatable bonds is 4. The van der Waals surface area contributed by atoms with E-state index in [1.807, 2.05) is 44.2 Å². The predicted molar refractivity (Wildman–Crippen MR) is 121 cm³/mol. The minimum Gasteiger partial charge on any atom is -0.307 e. The van der Waals surface area contributed by atoms with Crippen molar-refractivity contribution in [2.45, 2.75) is 32.6 Å². The Bertz CT molecular complexity index is 1040. The molecule has 3 aromatic rings. The minimum atomic E-state index is -0.490. The van der Waals surface area contributed by atoms with Gasteiger partial charge in [-0.2, -0.15) is 0 Å². The summed E-state index contributed by atoms with van der Waals surface area (Å²) in [6, 6.07) is 13.5. The summed E-state index contributed by atoms with van der Waals surface area (Å²) in [7, 11) is 0. The summed E-state index contributed by atoms with van der Waals surface area (Å²) in [4.78, 5) is 31.3. The van der Waals surface area contributed by atoms with Crippen LogP contribution in [0.4, 0.5) is 10.5 Å². The Morgan fingerprint density at radius 1 is 1.13 bits per heavy atom. The van der Waals surface area contributed by atoms with Gasteiger partial charge in [-0.1, -0.05) is 29.8 Å². The van der Waals surface area contributed by atoms with Crippen molar-refractivity contribution in [2.75, 3.05) is 25.0 Å². The molecule has 7 heteroatoms. The van der Waals surface area contributed by atoms with E-state index < -0.39 is 6.03 Å². The largest absolute Gasteiger partial charge is 0.325 e. The van der Waals surface area contributed by atoms with Gasteiger partial charge in [-0.05, 0) is 63.5 Å². The number of fused-ring (bicyclic) bond motifs is 1. The number of amides is 3. The van der Waals surface area contributed by atoms with E-state index in [0.717, 1.165) is 42.6 Å². The van der Waals surface area contributed by atoms with Gasteiger partial charge in [0, 0.05) is 11.6 Å². The number of carbonyl (C=O) groups excluding carboxylic acids is 2. The Labute approximate surface area is 180 Å². The SMILES string of the molecule is Cc1ccc(NC(=O)NC(=O)CN2CCC(c3nc4ccccc4s3)CC2)c(C)c1. The molecule has 1 saturated heterocycles. The van der Waals surface area contributed by atoms with Gasteiger partial charge in [0.15, 0.2) is 0 Å². The first-order valence-corrected chi connectivity index (χ1v) is 11.1. The molecule has 0 atom stereocenters. The Hall–Kier alpha value is -2.77. The fraction of sp³-hybridized carbons (Fsp3) is 0.348. The van der Waals surface area contributed by atoms with E-state index in [9.17, 15) is 9.59 Å². The number of anilines is 1. The van der Waals surface area contributed by atoms with Crippen LogP contribution in [0.15, 0.2) is 42.5 Å². The number of carbonyl (C=O) groups is 2. The molecule has 0 radical (unpaired) electrons. The van der Waals surface area contributed by atoms with Gasteiger partial charge in [-0.25, -0.2) is 9.78 Å². The van der Waals surface area contributed by atoms with Crippen LogP contribution >= 0.6 is 11.3 Å². The summed E-state index contributed by atoms with van der Waals surface area (Å²) >= 11 is 1.77. The van der Waals surface area contributed by atoms with E-state index >= 15 is 0 Å². The number of likely N-dealkylation sites (tertiary alicyclic amines) is 1. The number of imide groups is 1. The number of nitrogens with zero attached hydrogens (tertiary/aromatic N) is 2. The minimum absolute atomic E-state index is 0.229. The lowest BCUT2D eigenvalue weighted by Crippen LogP contribution is -2.44. The smallest absolute Gasteiger partial charge is 0.307 e. The van der Waals surface area contributed by atoms with Gasteiger partial charge in [0.2, 0.25) is 5.91 Å². The average Bonchev–Trinajstić information content (AvgIpc) is 3.15. The summed E-state index contributed by atoms with van der Waals surface area (Å²) in [5.74, 6) is 0.158. The molecule has 0 saturated carbocycles. The normalized spacial score (nSPS) is 15.3. The molecule has 0 bridgehead atoms. The summed E-state index contributed by atoms with van der Waals surface area (Å²) < 4.78 is 1.23. The Morgan fingerprint density at radius 2 is 1.90 bits per heavy atom. The van der Waals surface area contributed by atoms with Gasteiger partial charge in [-0.3, -0.25) is 15.0 Å². The number of aromatic nitrogens is 1. The van der Waals surface area contributed by atoms with Crippen LogP contribution in [0.1, 0.15) is 34.9 Å². The van der Waals surface area contributed by atoms with Gasteiger partial charge >= 0.3 is 6.03 Å². The lowest BCUT2D eigenvalue weighted by molar-refractivity contribution is -0.121. The van der Waals surface area contributed by atoms with Crippen molar-refractivity contribution < 1.29 is 9.59 Å². The van der Waals surface area contributed by atoms with Crippen molar-refractivity contribution in [3.63, 3.8) is 0 Å². The molecule has 0 unspecified atom stereocenters. The fourth-order valence-electron chi connectivity index (χ4n) is 3.88. The highest BCUT2D eigenvalue weighted by Gasteiger charge is 2.24. The summed E-state index contributed by atoms with van der Waals surface area (Å²) in [6.45, 7) is 5.81. The fourth-order valence-corrected chi connectivity index (χ4v) is 5.02. The highest BCUT2D eigenvalue weighted by Crippen LogP contribution is 2.33. The standard InChI is InChI=1S/C23H26N4O2S/c1-15-7-8-18(16(2)13-15)25-23(29)26-21(28)14-27-11-9-17(10-12-27)22-24-19-5-3-4-6-20(19)30-22/h3-8,13,17H,9-12,14H2,1-2H3,(H2,25,26,28,29). The number of urea groups is 1. The number of thiazole rings is 1. The van der Waals surface area contributed by atoms with Gasteiger partial charge in [0.1, 0.15) is 0 Å². The number of piperidine rings is 1. The summed E-state index contributed by atoms with van der Waals surface area (Å²) in [5, 5.41) is 6.38. The van der Waals surface area contributed by atoms with Crippen molar-refractivity contribution in [1.82, 2.24) is 15.2 Å². The average molecular weight is 423 g/mol. The Balaban J connectivity index is 1.25. The first kappa shape index (κ1) is 20.5. The van der Waals surface area contributed by atoms with E-state index in [0.29, 0.717) is 11.6 Å². The maximum atomic E-state index is 12.3. The van der Waals surface area contributed by atoms with E-state index in [1.165, 1.54) is 9.71 Å². The van der Waals surface area contributed by atoms with E-state index in [4.69, 9.17) is 4.98 Å². The molecule has 1 fully saturated rings. The van der Waals surface area contributed by atoms with Crippen LogP contribution in [-0.4, -0.2) is 41.5 Å². The van der Waals surface area contributed by atoms with E-state index in [2.05, 4.69) is 27.7 Å². The van der Waals surface area contributed by atoms with Crippen LogP contribution in [0.3, 0.4) is 0 Å². The van der Waals surface area contributed by atoms with Gasteiger partial charge < -0.3 is 5.32 Å². The monoisotopic (exact) mass is 422 g/mol. The van der Waals surface area contributed by atoms with Crippen LogP contribution in [0.2, 0.25) is 0 Å². The molecule has 6 nitrogen and oxygen atoms in total. The van der Waals surface area contributed by atoms with Crippen molar-refractivity contribution in [2.24, 2.45) is 0 Å². The number of aryl methyl sites for hydroxylation is 2. The number of hydrogen-bond acceptors (Lipinski definition) is 5. The number of nitrogens with one attached hydrogen (secondary N) is 2. The second-order valence-corrected chi connectivity index (χ2v) is 8.95. The molecule has 2 heterocycles. The third-order valence-corrected chi connectivity index (χ3v) is 6.70. The molecule has 2 N–H and O–H groups in total. The molecule has 3 amide bonds. The molecular weight excluding hydrogens is 396 g/mol. The van der Waals surface area contributed by atoms with Crippen molar-refractivity contribution in [1.29, 1.82) is 0 Å². The predicted octanol–water partition coefficient (Wildman–Crippen LogP) is 4.44. The number of benzene rings is 2. The van der Waals surface area contributed by atoms with Gasteiger partial charge in [0.05, 0.1) is 21.8 Å². The summed E-state index contributed by atoms with van der Waals surface area (Å²) in [6.07, 6.45) is 1.95. The number of para-hydroxylation sites is 1. The van der Waals surface area contributed by atoms with Crippen LogP contribution in [-0.2, 0) is 4.79 Å². The topological polar surface area (TPSA) is 74.3 Å². The highest BCUT2D eigenvalue weighted by molar-refractivity contribution is 7.18. The molecule has 4 rings (SSSR count). The second kappa shape index (κ2) is 8.93. The molecule has 30 heavy (non-hydrogen) atoms. The molecule has 0 spiro atoms. The zero-order valence-electron chi connectivity index (χ0n) is 17.3. The molecule has 1 aliphatic rings. The van der Waals surface area contributed by atoms with Gasteiger partial charge in [-0.15, -0.1) is 11.3 Å². The van der Waals surface area contributed by atoms with E-state index in [1.54, 1.807) is 11.3 Å². The molecule has 2 aromatic carbocycles.